The van der Waals surface area contributed by atoms with Gasteiger partial charge in [0.25, 0.3) is 0 Å². The quantitative estimate of drug-likeness (QED) is 0.754. The van der Waals surface area contributed by atoms with E-state index < -0.39 is 0 Å². The molecule has 3 aromatic rings. The minimum absolute atomic E-state index is 0.288. The Morgan fingerprint density at radius 3 is 2.77 bits per heavy atom. The predicted molar refractivity (Wildman–Crippen MR) is 99.1 cm³/mol. The Balaban J connectivity index is 1.33. The van der Waals surface area contributed by atoms with E-state index in [1.807, 2.05) is 40.9 Å². The van der Waals surface area contributed by atoms with Gasteiger partial charge >= 0.3 is 6.03 Å². The number of hydrogen-bond donors (Lipinski definition) is 2. The number of urea groups is 1. The number of carbonyl (C=O) groups is 1. The number of hydrogen-bond acceptors (Lipinski definition) is 5. The van der Waals surface area contributed by atoms with E-state index in [4.69, 9.17) is 0 Å². The van der Waals surface area contributed by atoms with Gasteiger partial charge in [0, 0.05) is 19.3 Å². The fourth-order valence-electron chi connectivity index (χ4n) is 3.12. The van der Waals surface area contributed by atoms with Crippen LogP contribution in [0.25, 0.3) is 5.65 Å². The standard InChI is InChI=1S/C18H21N7O/c26-18(20-13-17-23-22-16-6-2-5-11-25(16)17)21-14-7-8-15(19-12-14)24-9-3-1-4-10-24/h2,5-8,11-12H,1,3-4,9-10,13H2,(H2,20,21,26). The van der Waals surface area contributed by atoms with E-state index in [1.54, 1.807) is 6.20 Å². The number of amides is 2. The first-order valence-electron chi connectivity index (χ1n) is 8.84. The van der Waals surface area contributed by atoms with Crippen molar-refractivity contribution in [1.82, 2.24) is 24.9 Å². The molecule has 0 spiro atoms. The fraction of sp³-hybridized carbons (Fsp3) is 0.333. The van der Waals surface area contributed by atoms with Crippen LogP contribution in [-0.4, -0.2) is 38.7 Å². The van der Waals surface area contributed by atoms with Crippen molar-refractivity contribution in [1.29, 1.82) is 0 Å². The molecule has 0 aromatic carbocycles. The minimum atomic E-state index is -0.301. The lowest BCUT2D eigenvalue weighted by Gasteiger charge is -2.27. The molecule has 0 unspecified atom stereocenters. The van der Waals surface area contributed by atoms with E-state index in [-0.39, 0.29) is 12.6 Å². The van der Waals surface area contributed by atoms with Gasteiger partial charge in [-0.3, -0.25) is 4.40 Å². The van der Waals surface area contributed by atoms with E-state index in [0.717, 1.165) is 24.6 Å². The Morgan fingerprint density at radius 1 is 1.08 bits per heavy atom. The number of aromatic nitrogens is 4. The molecule has 1 aliphatic rings. The summed E-state index contributed by atoms with van der Waals surface area (Å²) in [5.41, 5.74) is 1.41. The molecule has 3 aromatic heterocycles. The third kappa shape index (κ3) is 3.58. The van der Waals surface area contributed by atoms with E-state index in [9.17, 15) is 4.79 Å². The predicted octanol–water partition coefficient (Wildman–Crippen LogP) is 2.44. The zero-order valence-electron chi connectivity index (χ0n) is 14.4. The number of fused-ring (bicyclic) bond motifs is 1. The highest BCUT2D eigenvalue weighted by molar-refractivity contribution is 5.89. The summed E-state index contributed by atoms with van der Waals surface area (Å²) >= 11 is 0. The molecule has 2 N–H and O–H groups in total. The number of pyridine rings is 2. The molecule has 4 rings (SSSR count). The molecule has 26 heavy (non-hydrogen) atoms. The summed E-state index contributed by atoms with van der Waals surface area (Å²) in [6.07, 6.45) is 7.27. The van der Waals surface area contributed by atoms with E-state index in [1.165, 1.54) is 19.3 Å². The Hall–Kier alpha value is -3.16. The van der Waals surface area contributed by atoms with Crippen molar-refractivity contribution in [3.05, 3.63) is 48.5 Å². The maximum Gasteiger partial charge on any atom is 0.319 e. The Kier molecular flexibility index (Phi) is 4.63. The lowest BCUT2D eigenvalue weighted by Crippen LogP contribution is -2.30. The summed E-state index contributed by atoms with van der Waals surface area (Å²) in [6, 6.07) is 9.19. The maximum atomic E-state index is 12.1. The first kappa shape index (κ1) is 16.3. The fourth-order valence-corrected chi connectivity index (χ4v) is 3.12. The average Bonchev–Trinajstić information content (AvgIpc) is 3.11. The van der Waals surface area contributed by atoms with E-state index >= 15 is 0 Å². The van der Waals surface area contributed by atoms with Gasteiger partial charge in [-0.05, 0) is 43.5 Å². The van der Waals surface area contributed by atoms with Crippen LogP contribution in [0.4, 0.5) is 16.3 Å². The third-order valence-corrected chi connectivity index (χ3v) is 4.48. The van der Waals surface area contributed by atoms with Crippen LogP contribution < -0.4 is 15.5 Å². The summed E-state index contributed by atoms with van der Waals surface area (Å²) in [5.74, 6) is 1.64. The van der Waals surface area contributed by atoms with Gasteiger partial charge in [0.1, 0.15) is 5.82 Å². The lowest BCUT2D eigenvalue weighted by atomic mass is 10.1. The molecule has 0 saturated carbocycles. The smallest absolute Gasteiger partial charge is 0.319 e. The summed E-state index contributed by atoms with van der Waals surface area (Å²) in [7, 11) is 0. The SMILES string of the molecule is O=C(NCc1nnc2ccccn12)Nc1ccc(N2CCCCC2)nc1. The van der Waals surface area contributed by atoms with Crippen LogP contribution in [0.2, 0.25) is 0 Å². The summed E-state index contributed by atoms with van der Waals surface area (Å²) in [5, 5.41) is 13.7. The topological polar surface area (TPSA) is 87.5 Å². The van der Waals surface area contributed by atoms with Gasteiger partial charge in [0.2, 0.25) is 0 Å². The van der Waals surface area contributed by atoms with Crippen molar-refractivity contribution in [3.8, 4) is 0 Å². The van der Waals surface area contributed by atoms with Crippen molar-refractivity contribution in [2.24, 2.45) is 0 Å². The molecule has 8 heteroatoms. The molecular weight excluding hydrogens is 330 g/mol. The van der Waals surface area contributed by atoms with Gasteiger partial charge in [0.05, 0.1) is 18.4 Å². The zero-order chi connectivity index (χ0) is 17.8. The number of piperidine rings is 1. The Bertz CT molecular complexity index is 884. The molecule has 1 aliphatic heterocycles. The molecule has 4 heterocycles. The first-order chi connectivity index (χ1) is 12.8. The van der Waals surface area contributed by atoms with Crippen LogP contribution in [0.1, 0.15) is 25.1 Å². The highest BCUT2D eigenvalue weighted by atomic mass is 16.2. The van der Waals surface area contributed by atoms with E-state index in [0.29, 0.717) is 11.5 Å². The van der Waals surface area contributed by atoms with Gasteiger partial charge in [-0.1, -0.05) is 6.07 Å². The van der Waals surface area contributed by atoms with Gasteiger partial charge in [0.15, 0.2) is 11.5 Å². The minimum Gasteiger partial charge on any atom is -0.357 e. The second kappa shape index (κ2) is 7.38. The largest absolute Gasteiger partial charge is 0.357 e. The molecule has 2 amide bonds. The summed E-state index contributed by atoms with van der Waals surface area (Å²) in [4.78, 5) is 18.9. The maximum absolute atomic E-state index is 12.1. The zero-order valence-corrected chi connectivity index (χ0v) is 14.4. The molecule has 1 saturated heterocycles. The molecule has 0 atom stereocenters. The van der Waals surface area contributed by atoms with Crippen LogP contribution >= 0.6 is 0 Å². The van der Waals surface area contributed by atoms with Crippen LogP contribution in [-0.2, 0) is 6.54 Å². The molecule has 0 bridgehead atoms. The number of rotatable bonds is 4. The summed E-state index contributed by atoms with van der Waals surface area (Å²) in [6.45, 7) is 2.38. The molecule has 1 fully saturated rings. The third-order valence-electron chi connectivity index (χ3n) is 4.48. The second-order valence-corrected chi connectivity index (χ2v) is 6.31. The van der Waals surface area contributed by atoms with Crippen LogP contribution in [0.5, 0.6) is 0 Å². The summed E-state index contributed by atoms with van der Waals surface area (Å²) < 4.78 is 1.84. The number of nitrogens with one attached hydrogen (secondary N) is 2. The molecule has 8 nitrogen and oxygen atoms in total. The van der Waals surface area contributed by atoms with Gasteiger partial charge in [-0.2, -0.15) is 0 Å². The van der Waals surface area contributed by atoms with Crippen molar-refractivity contribution in [2.45, 2.75) is 25.8 Å². The molecule has 0 aliphatic carbocycles. The van der Waals surface area contributed by atoms with E-state index in [2.05, 4.69) is 30.7 Å². The Morgan fingerprint density at radius 2 is 1.96 bits per heavy atom. The van der Waals surface area contributed by atoms with Gasteiger partial charge in [-0.25, -0.2) is 9.78 Å². The Labute approximate surface area is 151 Å². The van der Waals surface area contributed by atoms with Crippen molar-refractivity contribution >= 4 is 23.2 Å². The number of nitrogens with zero attached hydrogens (tertiary/aromatic N) is 5. The average molecular weight is 351 g/mol. The van der Waals surface area contributed by atoms with Gasteiger partial charge < -0.3 is 15.5 Å². The van der Waals surface area contributed by atoms with Crippen LogP contribution in [0.15, 0.2) is 42.7 Å². The van der Waals surface area contributed by atoms with Crippen molar-refractivity contribution in [3.63, 3.8) is 0 Å². The molecule has 134 valence electrons. The van der Waals surface area contributed by atoms with Crippen molar-refractivity contribution in [2.75, 3.05) is 23.3 Å². The van der Waals surface area contributed by atoms with Crippen molar-refractivity contribution < 1.29 is 4.79 Å². The van der Waals surface area contributed by atoms with Crippen LogP contribution in [0.3, 0.4) is 0 Å². The normalized spacial score (nSPS) is 14.4. The van der Waals surface area contributed by atoms with Gasteiger partial charge in [-0.15, -0.1) is 10.2 Å². The first-order valence-corrected chi connectivity index (χ1v) is 8.84. The second-order valence-electron chi connectivity index (χ2n) is 6.31. The number of carbonyl (C=O) groups excluding carboxylic acids is 1. The lowest BCUT2D eigenvalue weighted by molar-refractivity contribution is 0.251. The monoisotopic (exact) mass is 351 g/mol. The molecule has 0 radical (unpaired) electrons. The number of anilines is 2. The van der Waals surface area contributed by atoms with Crippen LogP contribution in [0, 0.1) is 0 Å². The highest BCUT2D eigenvalue weighted by Gasteiger charge is 2.12. The molecular formula is C18H21N7O. The highest BCUT2D eigenvalue weighted by Crippen LogP contribution is 2.18.